The van der Waals surface area contributed by atoms with Gasteiger partial charge in [-0.25, -0.2) is 0 Å². The van der Waals surface area contributed by atoms with Crippen molar-refractivity contribution in [2.75, 3.05) is 13.7 Å². The summed E-state index contributed by atoms with van der Waals surface area (Å²) in [5.41, 5.74) is 1.57. The monoisotopic (exact) mass is 354 g/mol. The molecular weight excluding hydrogens is 332 g/mol. The fourth-order valence-electron chi connectivity index (χ4n) is 3.64. The number of rotatable bonds is 4. The number of amides is 1. The van der Waals surface area contributed by atoms with Crippen LogP contribution in [0, 0.1) is 0 Å². The SMILES string of the molecule is CN(C(=O)COc1ccc2[nH]c(=O)c3cccn3c2n1)C1CCCCC1. The van der Waals surface area contributed by atoms with Crippen LogP contribution in [-0.4, -0.2) is 44.9 Å². The van der Waals surface area contributed by atoms with Crippen molar-refractivity contribution in [1.82, 2.24) is 19.3 Å². The van der Waals surface area contributed by atoms with Crippen LogP contribution in [0.4, 0.5) is 0 Å². The number of hydrogen-bond donors (Lipinski definition) is 1. The maximum atomic E-state index is 12.4. The summed E-state index contributed by atoms with van der Waals surface area (Å²) in [6.07, 6.45) is 7.53. The van der Waals surface area contributed by atoms with Gasteiger partial charge in [-0.1, -0.05) is 19.3 Å². The van der Waals surface area contributed by atoms with Crippen LogP contribution < -0.4 is 10.3 Å². The molecule has 1 aliphatic carbocycles. The van der Waals surface area contributed by atoms with E-state index in [9.17, 15) is 9.59 Å². The number of fused-ring (bicyclic) bond motifs is 3. The van der Waals surface area contributed by atoms with Crippen molar-refractivity contribution in [3.8, 4) is 5.88 Å². The van der Waals surface area contributed by atoms with E-state index >= 15 is 0 Å². The van der Waals surface area contributed by atoms with E-state index in [0.29, 0.717) is 28.6 Å². The molecule has 26 heavy (non-hydrogen) atoms. The number of carbonyl (C=O) groups is 1. The third-order valence-corrected chi connectivity index (χ3v) is 5.17. The summed E-state index contributed by atoms with van der Waals surface area (Å²) < 4.78 is 7.36. The van der Waals surface area contributed by atoms with Crippen LogP contribution in [0.15, 0.2) is 35.3 Å². The minimum Gasteiger partial charge on any atom is -0.467 e. The molecule has 0 spiro atoms. The second kappa shape index (κ2) is 6.82. The zero-order chi connectivity index (χ0) is 18.1. The summed E-state index contributed by atoms with van der Waals surface area (Å²) in [6, 6.07) is 7.25. The molecule has 1 amide bonds. The molecule has 7 nitrogen and oxygen atoms in total. The lowest BCUT2D eigenvalue weighted by Gasteiger charge is -2.31. The fourth-order valence-corrected chi connectivity index (χ4v) is 3.64. The second-order valence-corrected chi connectivity index (χ2v) is 6.82. The third-order valence-electron chi connectivity index (χ3n) is 5.17. The Morgan fingerprint density at radius 3 is 2.92 bits per heavy atom. The molecule has 0 atom stereocenters. The molecule has 1 aliphatic rings. The molecular formula is C19H22N4O3. The topological polar surface area (TPSA) is 79.7 Å². The molecule has 3 heterocycles. The van der Waals surface area contributed by atoms with E-state index in [4.69, 9.17) is 4.74 Å². The Labute approximate surface area is 150 Å². The van der Waals surface area contributed by atoms with Gasteiger partial charge in [-0.05, 0) is 31.0 Å². The van der Waals surface area contributed by atoms with Gasteiger partial charge >= 0.3 is 0 Å². The minimum atomic E-state index is -0.165. The van der Waals surface area contributed by atoms with Gasteiger partial charge < -0.3 is 14.6 Å². The van der Waals surface area contributed by atoms with Gasteiger partial charge in [-0.15, -0.1) is 0 Å². The quantitative estimate of drug-likeness (QED) is 0.780. The molecule has 0 aliphatic heterocycles. The largest absolute Gasteiger partial charge is 0.467 e. The lowest BCUT2D eigenvalue weighted by molar-refractivity contribution is -0.134. The van der Waals surface area contributed by atoms with Gasteiger partial charge in [0.1, 0.15) is 5.52 Å². The molecule has 4 rings (SSSR count). The van der Waals surface area contributed by atoms with E-state index in [1.807, 2.05) is 11.9 Å². The molecule has 0 radical (unpaired) electrons. The van der Waals surface area contributed by atoms with Crippen molar-refractivity contribution in [2.24, 2.45) is 0 Å². The number of hydrogen-bond acceptors (Lipinski definition) is 4. The van der Waals surface area contributed by atoms with Crippen LogP contribution in [-0.2, 0) is 4.79 Å². The molecule has 7 heteroatoms. The molecule has 1 N–H and O–H groups in total. The molecule has 0 bridgehead atoms. The number of likely N-dealkylation sites (N-methyl/N-ethyl adjacent to an activating group) is 1. The number of ether oxygens (including phenoxy) is 1. The summed E-state index contributed by atoms with van der Waals surface area (Å²) in [5.74, 6) is 0.330. The van der Waals surface area contributed by atoms with Crippen LogP contribution >= 0.6 is 0 Å². The van der Waals surface area contributed by atoms with Gasteiger partial charge in [0.15, 0.2) is 12.3 Å². The molecule has 0 saturated heterocycles. The van der Waals surface area contributed by atoms with Crippen molar-refractivity contribution in [3.05, 3.63) is 40.8 Å². The Balaban J connectivity index is 1.51. The standard InChI is InChI=1S/C19H22N4O3/c1-22(13-6-3-2-4-7-13)17(24)12-26-16-10-9-14-18(21-16)23-11-5-8-15(23)19(25)20-14/h5,8-11,13H,2-4,6-7,12H2,1H3,(H,20,25). The van der Waals surface area contributed by atoms with Crippen molar-refractivity contribution < 1.29 is 9.53 Å². The number of pyridine rings is 1. The average molecular weight is 354 g/mol. The highest BCUT2D eigenvalue weighted by Gasteiger charge is 2.22. The first kappa shape index (κ1) is 16.6. The molecule has 1 fully saturated rings. The Morgan fingerprint density at radius 1 is 1.31 bits per heavy atom. The third kappa shape index (κ3) is 3.05. The summed E-state index contributed by atoms with van der Waals surface area (Å²) in [4.78, 5) is 33.5. The Morgan fingerprint density at radius 2 is 2.12 bits per heavy atom. The molecule has 0 unspecified atom stereocenters. The highest BCUT2D eigenvalue weighted by atomic mass is 16.5. The van der Waals surface area contributed by atoms with Crippen molar-refractivity contribution in [3.63, 3.8) is 0 Å². The second-order valence-electron chi connectivity index (χ2n) is 6.82. The molecule has 3 aromatic rings. The van der Waals surface area contributed by atoms with Gasteiger partial charge in [0, 0.05) is 25.4 Å². The number of aromatic nitrogens is 3. The van der Waals surface area contributed by atoms with Crippen molar-refractivity contribution in [1.29, 1.82) is 0 Å². The van der Waals surface area contributed by atoms with Crippen molar-refractivity contribution >= 4 is 22.6 Å². The summed E-state index contributed by atoms with van der Waals surface area (Å²) in [7, 11) is 1.85. The van der Waals surface area contributed by atoms with Crippen LogP contribution in [0.1, 0.15) is 32.1 Å². The first-order valence-corrected chi connectivity index (χ1v) is 9.02. The molecule has 0 aromatic carbocycles. The lowest BCUT2D eigenvalue weighted by atomic mass is 9.94. The van der Waals surface area contributed by atoms with Gasteiger partial charge in [-0.2, -0.15) is 4.98 Å². The van der Waals surface area contributed by atoms with Crippen LogP contribution in [0.25, 0.3) is 16.7 Å². The first-order valence-electron chi connectivity index (χ1n) is 9.02. The van der Waals surface area contributed by atoms with E-state index in [0.717, 1.165) is 12.8 Å². The maximum absolute atomic E-state index is 12.4. The number of carbonyl (C=O) groups excluding carboxylic acids is 1. The normalized spacial score (nSPS) is 15.4. The molecule has 136 valence electrons. The van der Waals surface area contributed by atoms with Gasteiger partial charge in [0.05, 0.1) is 5.52 Å². The smallest absolute Gasteiger partial charge is 0.272 e. The minimum absolute atomic E-state index is 0.0358. The summed E-state index contributed by atoms with van der Waals surface area (Å²) in [6.45, 7) is -0.0380. The zero-order valence-electron chi connectivity index (χ0n) is 14.8. The fraction of sp³-hybridized carbons (Fsp3) is 0.421. The number of H-pyrrole nitrogens is 1. The first-order chi connectivity index (χ1) is 12.6. The highest BCUT2D eigenvalue weighted by molar-refractivity contribution is 5.78. The van der Waals surface area contributed by atoms with Gasteiger partial charge in [0.25, 0.3) is 11.5 Å². The Hall–Kier alpha value is -2.83. The van der Waals surface area contributed by atoms with Crippen molar-refractivity contribution in [2.45, 2.75) is 38.1 Å². The predicted molar refractivity (Wildman–Crippen MR) is 98.5 cm³/mol. The zero-order valence-corrected chi connectivity index (χ0v) is 14.8. The molecule has 3 aromatic heterocycles. The summed E-state index contributed by atoms with van der Waals surface area (Å²) in [5, 5.41) is 0. The number of nitrogens with one attached hydrogen (secondary N) is 1. The average Bonchev–Trinajstić information content (AvgIpc) is 3.17. The number of nitrogens with zero attached hydrogens (tertiary/aromatic N) is 3. The van der Waals surface area contributed by atoms with Crippen LogP contribution in [0.5, 0.6) is 5.88 Å². The van der Waals surface area contributed by atoms with Crippen LogP contribution in [0.2, 0.25) is 0 Å². The lowest BCUT2D eigenvalue weighted by Crippen LogP contribution is -2.40. The van der Waals surface area contributed by atoms with E-state index in [1.165, 1.54) is 19.3 Å². The molecule has 1 saturated carbocycles. The summed E-state index contributed by atoms with van der Waals surface area (Å²) >= 11 is 0. The predicted octanol–water partition coefficient (Wildman–Crippen LogP) is 2.35. The Bertz CT molecular complexity index is 1000. The van der Waals surface area contributed by atoms with E-state index in [1.54, 1.807) is 34.9 Å². The number of aromatic amines is 1. The van der Waals surface area contributed by atoms with Crippen LogP contribution in [0.3, 0.4) is 0 Å². The van der Waals surface area contributed by atoms with Gasteiger partial charge in [-0.3, -0.25) is 14.0 Å². The van der Waals surface area contributed by atoms with Gasteiger partial charge in [0.2, 0.25) is 5.88 Å². The maximum Gasteiger partial charge on any atom is 0.272 e. The highest BCUT2D eigenvalue weighted by Crippen LogP contribution is 2.22. The van der Waals surface area contributed by atoms with E-state index in [-0.39, 0.29) is 18.1 Å². The Kier molecular flexibility index (Phi) is 4.36. The van der Waals surface area contributed by atoms with E-state index in [2.05, 4.69) is 9.97 Å². The van der Waals surface area contributed by atoms with E-state index < -0.39 is 0 Å².